The van der Waals surface area contributed by atoms with Crippen molar-refractivity contribution in [1.82, 2.24) is 0 Å². The van der Waals surface area contributed by atoms with Crippen molar-refractivity contribution in [2.45, 2.75) is 71.2 Å². The Morgan fingerprint density at radius 3 is 2.29 bits per heavy atom. The van der Waals surface area contributed by atoms with Crippen molar-refractivity contribution in [2.75, 3.05) is 0 Å². The summed E-state index contributed by atoms with van der Waals surface area (Å²) in [7, 11) is -1.72. The summed E-state index contributed by atoms with van der Waals surface area (Å²) >= 11 is 0. The van der Waals surface area contributed by atoms with E-state index in [4.69, 9.17) is 9.69 Å². The van der Waals surface area contributed by atoms with Gasteiger partial charge in [-0.25, -0.2) is 0 Å². The molecule has 0 saturated carbocycles. The van der Waals surface area contributed by atoms with Crippen molar-refractivity contribution in [1.29, 1.82) is 5.26 Å². The summed E-state index contributed by atoms with van der Waals surface area (Å²) < 4.78 is 5.81. The van der Waals surface area contributed by atoms with Gasteiger partial charge in [0.05, 0.1) is 0 Å². The Hall–Kier alpha value is -0.773. The van der Waals surface area contributed by atoms with Gasteiger partial charge in [0.1, 0.15) is 6.07 Å². The normalized spacial score (nSPS) is 14.4. The molecule has 0 fully saturated rings. The lowest BCUT2D eigenvalue weighted by Crippen LogP contribution is -2.38. The van der Waals surface area contributed by atoms with Crippen LogP contribution in [0, 0.1) is 23.2 Å². The monoisotopic (exact) mass is 251 g/mol. The Bertz CT molecular complexity index is 316. The fraction of sp³-hybridized carbons (Fsp3) is 0.786. The first-order valence-corrected chi connectivity index (χ1v) is 9.85. The molecule has 0 aliphatic rings. The van der Waals surface area contributed by atoms with E-state index in [0.717, 1.165) is 12.8 Å². The molecule has 1 atom stereocenters. The van der Waals surface area contributed by atoms with Crippen LogP contribution in [0.15, 0.2) is 0 Å². The second-order valence-corrected chi connectivity index (χ2v) is 9.90. The SMILES string of the molecule is CCCCCCC#C[C@](C)(C#N)O[Si](C)(C)C. The molecule has 0 saturated heterocycles. The third-order valence-corrected chi connectivity index (χ3v) is 3.23. The van der Waals surface area contributed by atoms with Gasteiger partial charge in [-0.15, -0.1) is 0 Å². The number of nitriles is 1. The van der Waals surface area contributed by atoms with E-state index in [0.29, 0.717) is 0 Å². The third kappa shape index (κ3) is 8.98. The zero-order valence-electron chi connectivity index (χ0n) is 11.9. The average Bonchev–Trinajstić information content (AvgIpc) is 2.21. The summed E-state index contributed by atoms with van der Waals surface area (Å²) in [5.74, 6) is 6.06. The van der Waals surface area contributed by atoms with Crippen LogP contribution in [-0.4, -0.2) is 13.9 Å². The molecule has 3 heteroatoms. The molecule has 0 aromatic carbocycles. The van der Waals surface area contributed by atoms with Crippen molar-refractivity contribution >= 4 is 8.32 Å². The first-order chi connectivity index (χ1) is 7.83. The van der Waals surface area contributed by atoms with Crippen LogP contribution >= 0.6 is 0 Å². The minimum absolute atomic E-state index is 0.867. The number of nitrogens with zero attached hydrogens (tertiary/aromatic N) is 1. The van der Waals surface area contributed by atoms with Gasteiger partial charge < -0.3 is 4.43 Å². The summed E-state index contributed by atoms with van der Waals surface area (Å²) in [6, 6.07) is 2.18. The Balaban J connectivity index is 4.21. The molecule has 96 valence electrons. The number of rotatable bonds is 6. The minimum Gasteiger partial charge on any atom is -0.391 e. The topological polar surface area (TPSA) is 33.0 Å². The highest BCUT2D eigenvalue weighted by Crippen LogP contribution is 2.16. The smallest absolute Gasteiger partial charge is 0.203 e. The largest absolute Gasteiger partial charge is 0.391 e. The van der Waals surface area contributed by atoms with E-state index in [1.54, 1.807) is 6.92 Å². The standard InChI is InChI=1S/C14H25NOSi/c1-6-7-8-9-10-11-12-14(2,13-15)16-17(3,4)5/h6-10H2,1-5H3/t14-/m1/s1. The Labute approximate surface area is 107 Å². The van der Waals surface area contributed by atoms with Crippen LogP contribution in [0.5, 0.6) is 0 Å². The molecule has 0 spiro atoms. The van der Waals surface area contributed by atoms with Crippen LogP contribution < -0.4 is 0 Å². The fourth-order valence-electron chi connectivity index (χ4n) is 1.56. The number of unbranched alkanes of at least 4 members (excludes halogenated alkanes) is 4. The molecular weight excluding hydrogens is 226 g/mol. The van der Waals surface area contributed by atoms with Gasteiger partial charge in [-0.2, -0.15) is 5.26 Å². The van der Waals surface area contributed by atoms with Crippen molar-refractivity contribution < 1.29 is 4.43 Å². The van der Waals surface area contributed by atoms with E-state index in [1.807, 2.05) is 0 Å². The molecule has 2 nitrogen and oxygen atoms in total. The Morgan fingerprint density at radius 2 is 1.82 bits per heavy atom. The first-order valence-electron chi connectivity index (χ1n) is 6.44. The van der Waals surface area contributed by atoms with Crippen molar-refractivity contribution in [2.24, 2.45) is 0 Å². The maximum atomic E-state index is 9.13. The number of hydrogen-bond donors (Lipinski definition) is 0. The van der Waals surface area contributed by atoms with Crippen LogP contribution in [0.3, 0.4) is 0 Å². The van der Waals surface area contributed by atoms with Gasteiger partial charge in [-0.3, -0.25) is 0 Å². The summed E-state index contributed by atoms with van der Waals surface area (Å²) in [4.78, 5) is 0. The van der Waals surface area contributed by atoms with Gasteiger partial charge >= 0.3 is 0 Å². The molecule has 0 bridgehead atoms. The van der Waals surface area contributed by atoms with Crippen LogP contribution in [0.2, 0.25) is 19.6 Å². The van der Waals surface area contributed by atoms with Crippen LogP contribution in [0.1, 0.15) is 46.0 Å². The Morgan fingerprint density at radius 1 is 1.18 bits per heavy atom. The van der Waals surface area contributed by atoms with E-state index in [-0.39, 0.29) is 0 Å². The van der Waals surface area contributed by atoms with E-state index >= 15 is 0 Å². The van der Waals surface area contributed by atoms with Gasteiger partial charge in [0.2, 0.25) is 5.60 Å². The minimum atomic E-state index is -1.72. The number of hydrogen-bond acceptors (Lipinski definition) is 2. The summed E-state index contributed by atoms with van der Waals surface area (Å²) in [6.45, 7) is 10.2. The Kier molecular flexibility index (Phi) is 7.19. The molecular formula is C14H25NOSi. The molecule has 0 amide bonds. The first kappa shape index (κ1) is 16.2. The summed E-state index contributed by atoms with van der Waals surface area (Å²) in [6.07, 6.45) is 5.72. The predicted octanol–water partition coefficient (Wildman–Crippen LogP) is 4.09. The highest BCUT2D eigenvalue weighted by molar-refractivity contribution is 6.69. The van der Waals surface area contributed by atoms with Crippen molar-refractivity contribution in [3.8, 4) is 17.9 Å². The lowest BCUT2D eigenvalue weighted by molar-refractivity contribution is 0.202. The zero-order chi connectivity index (χ0) is 13.4. The van der Waals surface area contributed by atoms with E-state index < -0.39 is 13.9 Å². The van der Waals surface area contributed by atoms with Crippen molar-refractivity contribution in [3.05, 3.63) is 0 Å². The van der Waals surface area contributed by atoms with Gasteiger partial charge in [-0.05, 0) is 33.0 Å². The predicted molar refractivity (Wildman–Crippen MR) is 75.0 cm³/mol. The highest BCUT2D eigenvalue weighted by Gasteiger charge is 2.29. The summed E-state index contributed by atoms with van der Waals surface area (Å²) in [5, 5.41) is 9.13. The quantitative estimate of drug-likeness (QED) is 0.404. The van der Waals surface area contributed by atoms with Gasteiger partial charge in [-0.1, -0.05) is 38.0 Å². The van der Waals surface area contributed by atoms with Gasteiger partial charge in [0.15, 0.2) is 8.32 Å². The fourth-order valence-corrected chi connectivity index (χ4v) is 2.88. The molecule has 17 heavy (non-hydrogen) atoms. The van der Waals surface area contributed by atoms with Gasteiger partial charge in [0, 0.05) is 6.42 Å². The molecule has 0 aromatic rings. The molecule has 0 aliphatic carbocycles. The van der Waals surface area contributed by atoms with Gasteiger partial charge in [0.25, 0.3) is 0 Å². The van der Waals surface area contributed by atoms with E-state index in [1.165, 1.54) is 19.3 Å². The average molecular weight is 251 g/mol. The summed E-state index contributed by atoms with van der Waals surface area (Å²) in [5.41, 5.74) is -0.921. The molecule has 0 N–H and O–H groups in total. The highest BCUT2D eigenvalue weighted by atomic mass is 28.4. The van der Waals surface area contributed by atoms with Crippen molar-refractivity contribution in [3.63, 3.8) is 0 Å². The van der Waals surface area contributed by atoms with Crippen LogP contribution in [0.25, 0.3) is 0 Å². The second kappa shape index (κ2) is 7.53. The van der Waals surface area contributed by atoms with E-state index in [2.05, 4.69) is 44.5 Å². The van der Waals surface area contributed by atoms with Crippen LogP contribution in [-0.2, 0) is 4.43 Å². The second-order valence-electron chi connectivity index (χ2n) is 5.47. The zero-order valence-corrected chi connectivity index (χ0v) is 12.9. The molecule has 0 aliphatic heterocycles. The lowest BCUT2D eigenvalue weighted by atomic mass is 10.1. The third-order valence-electron chi connectivity index (χ3n) is 2.21. The molecule has 0 aromatic heterocycles. The molecule has 0 heterocycles. The van der Waals surface area contributed by atoms with E-state index in [9.17, 15) is 0 Å². The maximum absolute atomic E-state index is 9.13. The maximum Gasteiger partial charge on any atom is 0.203 e. The van der Waals surface area contributed by atoms with Crippen LogP contribution in [0.4, 0.5) is 0 Å². The molecule has 0 radical (unpaired) electrons. The molecule has 0 unspecified atom stereocenters. The lowest BCUT2D eigenvalue weighted by Gasteiger charge is -2.25. The molecule has 0 rings (SSSR count).